The number of ether oxygens (including phenoxy) is 4. The maximum Gasteiger partial charge on any atom is 0.330 e. The monoisotopic (exact) mass is 520 g/mol. The minimum atomic E-state index is -3.80. The van der Waals surface area contributed by atoms with Crippen molar-refractivity contribution in [3.63, 3.8) is 0 Å². The van der Waals surface area contributed by atoms with E-state index in [0.29, 0.717) is 11.5 Å². The third-order valence-corrected chi connectivity index (χ3v) is 6.39. The van der Waals surface area contributed by atoms with Crippen molar-refractivity contribution < 1.29 is 47.2 Å². The van der Waals surface area contributed by atoms with Gasteiger partial charge in [0.05, 0.1) is 22.5 Å². The van der Waals surface area contributed by atoms with Crippen molar-refractivity contribution >= 4 is 21.8 Å². The van der Waals surface area contributed by atoms with Gasteiger partial charge in [0.15, 0.2) is 0 Å². The third kappa shape index (κ3) is 9.17. The molecule has 0 spiro atoms. The molecule has 2 unspecified atom stereocenters. The van der Waals surface area contributed by atoms with Crippen LogP contribution in [0.1, 0.15) is 6.42 Å². The quantitative estimate of drug-likeness (QED) is 0.263. The fourth-order valence-corrected chi connectivity index (χ4v) is 3.94. The van der Waals surface area contributed by atoms with Crippen LogP contribution in [0.15, 0.2) is 83.6 Å². The molecule has 194 valence electrons. The number of carbonyl (C=O) groups is 2. The van der Waals surface area contributed by atoms with E-state index in [-0.39, 0.29) is 42.6 Å². The van der Waals surface area contributed by atoms with Gasteiger partial charge in [-0.15, -0.1) is 0 Å². The molecule has 0 aromatic heterocycles. The van der Waals surface area contributed by atoms with Gasteiger partial charge in [-0.05, 0) is 48.5 Å². The lowest BCUT2D eigenvalue weighted by Gasteiger charge is -2.13. The van der Waals surface area contributed by atoms with Crippen LogP contribution in [0.3, 0.4) is 0 Å². The van der Waals surface area contributed by atoms with Gasteiger partial charge in [-0.3, -0.25) is 0 Å². The summed E-state index contributed by atoms with van der Waals surface area (Å²) in [6.07, 6.45) is 0.221. The van der Waals surface area contributed by atoms with Crippen molar-refractivity contribution in [3.05, 3.63) is 73.8 Å². The molecule has 0 aliphatic carbocycles. The first-order valence-electron chi connectivity index (χ1n) is 10.8. The van der Waals surface area contributed by atoms with Crippen molar-refractivity contribution in [2.75, 3.05) is 26.4 Å². The second-order valence-corrected chi connectivity index (χ2v) is 9.32. The van der Waals surface area contributed by atoms with Crippen molar-refractivity contribution in [3.8, 4) is 11.5 Å². The fraction of sp³-hybridized carbons (Fsp3) is 0.280. The normalized spacial score (nSPS) is 12.6. The van der Waals surface area contributed by atoms with Crippen LogP contribution in [0.4, 0.5) is 0 Å². The molecule has 36 heavy (non-hydrogen) atoms. The van der Waals surface area contributed by atoms with E-state index in [1.807, 2.05) is 0 Å². The predicted octanol–water partition coefficient (Wildman–Crippen LogP) is 1.85. The van der Waals surface area contributed by atoms with Gasteiger partial charge < -0.3 is 29.2 Å². The SMILES string of the molecule is C=CC(=O)OCC(O)CCOc1ccc(S(=O)(=O)c2ccc(OCC(O)COC(=O)C=C)cc2)cc1. The molecule has 0 radical (unpaired) electrons. The lowest BCUT2D eigenvalue weighted by atomic mass is 10.3. The topological polar surface area (TPSA) is 146 Å². The maximum atomic E-state index is 12.9. The number of esters is 2. The molecule has 2 N–H and O–H groups in total. The Hall–Kier alpha value is -3.67. The zero-order chi connectivity index (χ0) is 26.6. The highest BCUT2D eigenvalue weighted by atomic mass is 32.2. The smallest absolute Gasteiger partial charge is 0.330 e. The molecule has 0 bridgehead atoms. The summed E-state index contributed by atoms with van der Waals surface area (Å²) in [6.45, 7) is 6.04. The zero-order valence-corrected chi connectivity index (χ0v) is 20.3. The second kappa shape index (κ2) is 14.0. The molecule has 0 saturated heterocycles. The van der Waals surface area contributed by atoms with Crippen molar-refractivity contribution in [2.24, 2.45) is 0 Å². The van der Waals surface area contributed by atoms with Gasteiger partial charge in [-0.2, -0.15) is 0 Å². The van der Waals surface area contributed by atoms with E-state index in [1.165, 1.54) is 48.5 Å². The Bertz CT molecular complexity index is 1120. The Labute approximate surface area is 209 Å². The van der Waals surface area contributed by atoms with Gasteiger partial charge in [0.25, 0.3) is 0 Å². The van der Waals surface area contributed by atoms with Crippen LogP contribution in [0.2, 0.25) is 0 Å². The molecular weight excluding hydrogens is 492 g/mol. The average molecular weight is 521 g/mol. The number of benzene rings is 2. The van der Waals surface area contributed by atoms with Gasteiger partial charge in [-0.1, -0.05) is 13.2 Å². The van der Waals surface area contributed by atoms with Gasteiger partial charge in [-0.25, -0.2) is 18.0 Å². The summed E-state index contributed by atoms with van der Waals surface area (Å²) in [6, 6.07) is 11.4. The van der Waals surface area contributed by atoms with Crippen molar-refractivity contribution in [1.29, 1.82) is 0 Å². The first-order chi connectivity index (χ1) is 17.1. The Morgan fingerprint density at radius 1 is 0.750 bits per heavy atom. The number of aliphatic hydroxyl groups is 2. The number of sulfone groups is 1. The summed E-state index contributed by atoms with van der Waals surface area (Å²) >= 11 is 0. The van der Waals surface area contributed by atoms with E-state index in [0.717, 1.165) is 12.2 Å². The van der Waals surface area contributed by atoms with Gasteiger partial charge >= 0.3 is 11.9 Å². The summed E-state index contributed by atoms with van der Waals surface area (Å²) in [7, 11) is -3.80. The minimum Gasteiger partial charge on any atom is -0.493 e. The first-order valence-corrected chi connectivity index (χ1v) is 12.3. The maximum absolute atomic E-state index is 12.9. The number of hydrogen-bond acceptors (Lipinski definition) is 10. The molecule has 2 aromatic rings. The van der Waals surface area contributed by atoms with E-state index in [9.17, 15) is 28.2 Å². The highest BCUT2D eigenvalue weighted by Crippen LogP contribution is 2.25. The summed E-state index contributed by atoms with van der Waals surface area (Å²) in [5.41, 5.74) is 0. The number of rotatable bonds is 15. The number of carbonyl (C=O) groups excluding carboxylic acids is 2. The van der Waals surface area contributed by atoms with Crippen molar-refractivity contribution in [2.45, 2.75) is 28.4 Å². The van der Waals surface area contributed by atoms with E-state index >= 15 is 0 Å². The third-order valence-electron chi connectivity index (χ3n) is 4.60. The molecule has 0 heterocycles. The van der Waals surface area contributed by atoms with Crippen LogP contribution in [0, 0.1) is 0 Å². The summed E-state index contributed by atoms with van der Waals surface area (Å²) in [5.74, 6) is -0.555. The Balaban J connectivity index is 1.87. The first kappa shape index (κ1) is 28.6. The van der Waals surface area contributed by atoms with Crippen molar-refractivity contribution in [1.82, 2.24) is 0 Å². The minimum absolute atomic E-state index is 0.0428. The van der Waals surface area contributed by atoms with Crippen LogP contribution in [0.5, 0.6) is 11.5 Å². The lowest BCUT2D eigenvalue weighted by Crippen LogP contribution is -2.24. The standard InChI is InChI=1S/C25H28O10S/c1-3-24(28)34-15-18(26)13-14-32-20-5-9-22(10-6-20)36(30,31)23-11-7-21(8-12-23)33-16-19(27)17-35-25(29)4-2/h3-12,18-19,26-27H,1-2,13-17H2. The molecule has 11 heteroatoms. The molecule has 0 fully saturated rings. The van der Waals surface area contributed by atoms with E-state index in [2.05, 4.69) is 13.2 Å². The molecule has 2 rings (SSSR count). The Morgan fingerprint density at radius 3 is 1.67 bits per heavy atom. The molecular formula is C25H28O10S. The Morgan fingerprint density at radius 2 is 1.19 bits per heavy atom. The van der Waals surface area contributed by atoms with Gasteiger partial charge in [0.1, 0.15) is 37.4 Å². The lowest BCUT2D eigenvalue weighted by molar-refractivity contribution is -0.141. The van der Waals surface area contributed by atoms with Crippen LogP contribution in [-0.2, 0) is 28.9 Å². The molecule has 0 aliphatic heterocycles. The summed E-state index contributed by atoms with van der Waals surface area (Å²) < 4.78 is 46.1. The van der Waals surface area contributed by atoms with Crippen LogP contribution >= 0.6 is 0 Å². The predicted molar refractivity (Wildman–Crippen MR) is 128 cm³/mol. The average Bonchev–Trinajstić information content (AvgIpc) is 2.89. The molecule has 10 nitrogen and oxygen atoms in total. The Kier molecular flexibility index (Phi) is 11.1. The van der Waals surface area contributed by atoms with Crippen LogP contribution < -0.4 is 9.47 Å². The second-order valence-electron chi connectivity index (χ2n) is 7.37. The fourth-order valence-electron chi connectivity index (χ4n) is 2.68. The van der Waals surface area contributed by atoms with E-state index < -0.39 is 34.0 Å². The molecule has 2 aromatic carbocycles. The highest BCUT2D eigenvalue weighted by Gasteiger charge is 2.18. The number of hydrogen-bond donors (Lipinski definition) is 2. The zero-order valence-electron chi connectivity index (χ0n) is 19.4. The summed E-state index contributed by atoms with van der Waals surface area (Å²) in [4.78, 5) is 22.1. The molecule has 0 saturated carbocycles. The van der Waals surface area contributed by atoms with E-state index in [1.54, 1.807) is 0 Å². The molecule has 0 amide bonds. The van der Waals surface area contributed by atoms with E-state index in [4.69, 9.17) is 18.9 Å². The van der Waals surface area contributed by atoms with Gasteiger partial charge in [0.2, 0.25) is 9.84 Å². The molecule has 2 atom stereocenters. The molecule has 0 aliphatic rings. The van der Waals surface area contributed by atoms with Gasteiger partial charge in [0, 0.05) is 18.6 Å². The highest BCUT2D eigenvalue weighted by molar-refractivity contribution is 7.91. The van der Waals surface area contributed by atoms with Crippen LogP contribution in [-0.4, -0.2) is 69.2 Å². The van der Waals surface area contributed by atoms with Crippen LogP contribution in [0.25, 0.3) is 0 Å². The largest absolute Gasteiger partial charge is 0.493 e. The summed E-state index contributed by atoms with van der Waals surface area (Å²) in [5, 5.41) is 19.5. The number of aliphatic hydroxyl groups excluding tert-OH is 2.